The molecule has 4 nitrogen and oxygen atoms in total. The molecule has 0 radical (unpaired) electrons. The van der Waals surface area contributed by atoms with E-state index in [2.05, 4.69) is 12.1 Å². The third kappa shape index (κ3) is 2.63. The first kappa shape index (κ1) is 13.4. The molecule has 1 aliphatic rings. The third-order valence-electron chi connectivity index (χ3n) is 3.75. The molecule has 1 amide bonds. The second-order valence-electron chi connectivity index (χ2n) is 5.08. The highest BCUT2D eigenvalue weighted by molar-refractivity contribution is 7.10. The lowest BCUT2D eigenvalue weighted by molar-refractivity contribution is -0.131. The van der Waals surface area contributed by atoms with Crippen molar-refractivity contribution in [2.45, 2.75) is 38.6 Å². The van der Waals surface area contributed by atoms with Crippen LogP contribution in [0.2, 0.25) is 0 Å². The van der Waals surface area contributed by atoms with Crippen LogP contribution in [0.1, 0.15) is 42.1 Å². The van der Waals surface area contributed by atoms with E-state index in [1.807, 2.05) is 28.5 Å². The van der Waals surface area contributed by atoms with Gasteiger partial charge in [0.25, 0.3) is 0 Å². The molecule has 3 rings (SSSR count). The zero-order valence-corrected chi connectivity index (χ0v) is 12.4. The summed E-state index contributed by atoms with van der Waals surface area (Å²) >= 11 is 1.63. The minimum absolute atomic E-state index is 0.0651. The molecule has 106 valence electrons. The smallest absolute Gasteiger partial charge is 0.228 e. The van der Waals surface area contributed by atoms with Crippen molar-refractivity contribution < 1.29 is 9.32 Å². The van der Waals surface area contributed by atoms with Gasteiger partial charge in [0, 0.05) is 17.5 Å². The molecule has 1 aliphatic heterocycles. The highest BCUT2D eigenvalue weighted by Gasteiger charge is 2.32. The van der Waals surface area contributed by atoms with Crippen molar-refractivity contribution in [3.8, 4) is 0 Å². The number of hydrogen-bond donors (Lipinski definition) is 0. The minimum atomic E-state index is 0.0651. The standard InChI is InChI=1S/C15H18N2O2S/c1-2-11-9-14(19-16-11)13-6-3-7-17(13)15(18)10-12-5-4-8-20-12/h4-5,8-9,13H,2-3,6-7,10H2,1H3/t13-/m1/s1. The largest absolute Gasteiger partial charge is 0.359 e. The maximum atomic E-state index is 12.4. The predicted octanol–water partition coefficient (Wildman–Crippen LogP) is 3.20. The van der Waals surface area contributed by atoms with Gasteiger partial charge in [-0.2, -0.15) is 0 Å². The van der Waals surface area contributed by atoms with E-state index in [0.717, 1.165) is 42.1 Å². The van der Waals surface area contributed by atoms with Gasteiger partial charge in [-0.1, -0.05) is 18.1 Å². The van der Waals surface area contributed by atoms with Crippen LogP contribution in [0, 0.1) is 0 Å². The van der Waals surface area contributed by atoms with Crippen molar-refractivity contribution in [2.24, 2.45) is 0 Å². The second-order valence-corrected chi connectivity index (χ2v) is 6.11. The Morgan fingerprint density at radius 2 is 2.50 bits per heavy atom. The Hall–Kier alpha value is -1.62. The van der Waals surface area contributed by atoms with Crippen LogP contribution in [-0.2, 0) is 17.6 Å². The average Bonchev–Trinajstić information content (AvgIpc) is 3.19. The van der Waals surface area contributed by atoms with E-state index >= 15 is 0 Å². The van der Waals surface area contributed by atoms with Gasteiger partial charge in [0.15, 0.2) is 5.76 Å². The summed E-state index contributed by atoms with van der Waals surface area (Å²) in [7, 11) is 0. The molecule has 0 unspecified atom stereocenters. The van der Waals surface area contributed by atoms with Gasteiger partial charge in [0.2, 0.25) is 5.91 Å². The van der Waals surface area contributed by atoms with Crippen molar-refractivity contribution in [3.63, 3.8) is 0 Å². The Labute approximate surface area is 122 Å². The van der Waals surface area contributed by atoms with Gasteiger partial charge in [-0.05, 0) is 30.7 Å². The van der Waals surface area contributed by atoms with Crippen molar-refractivity contribution in [3.05, 3.63) is 39.9 Å². The number of likely N-dealkylation sites (tertiary alicyclic amines) is 1. The third-order valence-corrected chi connectivity index (χ3v) is 4.62. The molecule has 0 aromatic carbocycles. The SMILES string of the molecule is CCc1cc([C@H]2CCCN2C(=O)Cc2cccs2)on1. The number of nitrogens with zero attached hydrogens (tertiary/aromatic N) is 2. The Bertz CT molecular complexity index is 576. The summed E-state index contributed by atoms with van der Waals surface area (Å²) in [4.78, 5) is 15.5. The Morgan fingerprint density at radius 1 is 1.60 bits per heavy atom. The number of hydrogen-bond acceptors (Lipinski definition) is 4. The molecule has 0 spiro atoms. The summed E-state index contributed by atoms with van der Waals surface area (Å²) in [5.74, 6) is 1.02. The average molecular weight is 290 g/mol. The molecular formula is C15H18N2O2S. The topological polar surface area (TPSA) is 46.3 Å². The van der Waals surface area contributed by atoms with Gasteiger partial charge in [-0.3, -0.25) is 4.79 Å². The van der Waals surface area contributed by atoms with E-state index < -0.39 is 0 Å². The van der Waals surface area contributed by atoms with E-state index in [0.29, 0.717) is 6.42 Å². The Kier molecular flexibility index (Phi) is 3.87. The second kappa shape index (κ2) is 5.79. The van der Waals surface area contributed by atoms with Crippen LogP contribution in [0.5, 0.6) is 0 Å². The maximum Gasteiger partial charge on any atom is 0.228 e. The lowest BCUT2D eigenvalue weighted by Crippen LogP contribution is -2.31. The van der Waals surface area contributed by atoms with Crippen LogP contribution in [0.15, 0.2) is 28.1 Å². The summed E-state index contributed by atoms with van der Waals surface area (Å²) in [6.07, 6.45) is 3.35. The van der Waals surface area contributed by atoms with Crippen molar-refractivity contribution in [1.82, 2.24) is 10.1 Å². The Balaban J connectivity index is 1.73. The fraction of sp³-hybridized carbons (Fsp3) is 0.467. The summed E-state index contributed by atoms with van der Waals surface area (Å²) in [5, 5.41) is 6.05. The highest BCUT2D eigenvalue weighted by atomic mass is 32.1. The van der Waals surface area contributed by atoms with Crippen molar-refractivity contribution in [1.29, 1.82) is 0 Å². The predicted molar refractivity (Wildman–Crippen MR) is 77.6 cm³/mol. The zero-order chi connectivity index (χ0) is 13.9. The van der Waals surface area contributed by atoms with E-state index in [4.69, 9.17) is 4.52 Å². The monoisotopic (exact) mass is 290 g/mol. The minimum Gasteiger partial charge on any atom is -0.359 e. The van der Waals surface area contributed by atoms with Gasteiger partial charge in [0.05, 0.1) is 18.2 Å². The van der Waals surface area contributed by atoms with Crippen LogP contribution < -0.4 is 0 Å². The fourth-order valence-corrected chi connectivity index (χ4v) is 3.37. The normalized spacial score (nSPS) is 18.6. The molecule has 1 saturated heterocycles. The first-order valence-electron chi connectivity index (χ1n) is 7.05. The summed E-state index contributed by atoms with van der Waals surface area (Å²) in [6, 6.07) is 6.05. The number of amides is 1. The molecule has 0 bridgehead atoms. The molecular weight excluding hydrogens is 272 g/mol. The molecule has 0 saturated carbocycles. The molecule has 20 heavy (non-hydrogen) atoms. The Morgan fingerprint density at radius 3 is 3.20 bits per heavy atom. The van der Waals surface area contributed by atoms with Crippen LogP contribution in [0.3, 0.4) is 0 Å². The summed E-state index contributed by atoms with van der Waals surface area (Å²) < 4.78 is 5.41. The molecule has 5 heteroatoms. The lowest BCUT2D eigenvalue weighted by Gasteiger charge is -2.22. The fourth-order valence-electron chi connectivity index (χ4n) is 2.68. The summed E-state index contributed by atoms with van der Waals surface area (Å²) in [6.45, 7) is 2.87. The molecule has 2 aromatic rings. The highest BCUT2D eigenvalue weighted by Crippen LogP contribution is 2.33. The van der Waals surface area contributed by atoms with Crippen LogP contribution in [-0.4, -0.2) is 22.5 Å². The van der Waals surface area contributed by atoms with Crippen LogP contribution in [0.4, 0.5) is 0 Å². The van der Waals surface area contributed by atoms with E-state index in [1.54, 1.807) is 11.3 Å². The molecule has 3 heterocycles. The zero-order valence-electron chi connectivity index (χ0n) is 11.5. The molecule has 1 atom stereocenters. The number of aromatic nitrogens is 1. The van der Waals surface area contributed by atoms with Gasteiger partial charge in [-0.15, -0.1) is 11.3 Å². The van der Waals surface area contributed by atoms with Crippen molar-refractivity contribution >= 4 is 17.2 Å². The maximum absolute atomic E-state index is 12.4. The molecule has 0 aliphatic carbocycles. The van der Waals surface area contributed by atoms with E-state index in [9.17, 15) is 4.79 Å². The van der Waals surface area contributed by atoms with Gasteiger partial charge in [0.1, 0.15) is 0 Å². The van der Waals surface area contributed by atoms with Gasteiger partial charge >= 0.3 is 0 Å². The quantitative estimate of drug-likeness (QED) is 0.868. The van der Waals surface area contributed by atoms with Crippen LogP contribution >= 0.6 is 11.3 Å². The van der Waals surface area contributed by atoms with Gasteiger partial charge < -0.3 is 9.42 Å². The van der Waals surface area contributed by atoms with E-state index in [-0.39, 0.29) is 11.9 Å². The first-order valence-corrected chi connectivity index (χ1v) is 7.93. The molecule has 0 N–H and O–H groups in total. The lowest BCUT2D eigenvalue weighted by atomic mass is 10.1. The summed E-state index contributed by atoms with van der Waals surface area (Å²) in [5.41, 5.74) is 0.956. The van der Waals surface area contributed by atoms with Gasteiger partial charge in [-0.25, -0.2) is 0 Å². The number of carbonyl (C=O) groups excluding carboxylic acids is 1. The molecule has 1 fully saturated rings. The molecule has 2 aromatic heterocycles. The number of carbonyl (C=O) groups is 1. The van der Waals surface area contributed by atoms with E-state index in [1.165, 1.54) is 0 Å². The van der Waals surface area contributed by atoms with Crippen LogP contribution in [0.25, 0.3) is 0 Å². The van der Waals surface area contributed by atoms with Crippen molar-refractivity contribution in [2.75, 3.05) is 6.54 Å². The first-order chi connectivity index (χ1) is 9.78. The number of aryl methyl sites for hydroxylation is 1. The number of rotatable bonds is 4. The number of thiophene rings is 1.